The molecule has 5 heteroatoms. The fraction of sp³-hybridized carbons (Fsp3) is 0.500. The van der Waals surface area contributed by atoms with Gasteiger partial charge >= 0.3 is 11.8 Å². The molecule has 1 aliphatic rings. The number of nitrogens with zero attached hydrogens (tertiary/aromatic N) is 1. The van der Waals surface area contributed by atoms with Crippen molar-refractivity contribution in [3.63, 3.8) is 0 Å². The smallest absolute Gasteiger partial charge is 0.309 e. The lowest BCUT2D eigenvalue weighted by Gasteiger charge is -2.22. The number of benzene rings is 1. The first kappa shape index (κ1) is 15.5. The average molecular weight is 289 g/mol. The first-order valence-corrected chi connectivity index (χ1v) is 7.54. The number of hydrogen-bond donors (Lipinski definition) is 2. The van der Waals surface area contributed by atoms with Crippen LogP contribution in [0.15, 0.2) is 30.3 Å². The maximum Gasteiger partial charge on any atom is 0.309 e. The Bertz CT molecular complexity index is 476. The number of hydrogen-bond acceptors (Lipinski definition) is 3. The highest BCUT2D eigenvalue weighted by Gasteiger charge is 2.24. The van der Waals surface area contributed by atoms with Crippen molar-refractivity contribution >= 4 is 11.8 Å². The number of rotatable bonds is 5. The first-order chi connectivity index (χ1) is 10.2. The van der Waals surface area contributed by atoms with E-state index < -0.39 is 11.8 Å². The van der Waals surface area contributed by atoms with Crippen molar-refractivity contribution in [1.29, 1.82) is 0 Å². The van der Waals surface area contributed by atoms with Crippen LogP contribution >= 0.6 is 0 Å². The Balaban J connectivity index is 1.71. The van der Waals surface area contributed by atoms with Crippen LogP contribution in [0.5, 0.6) is 0 Å². The van der Waals surface area contributed by atoms with Crippen LogP contribution in [-0.4, -0.2) is 42.4 Å². The molecule has 0 radical (unpaired) electrons. The Hall–Kier alpha value is -1.88. The van der Waals surface area contributed by atoms with Crippen molar-refractivity contribution < 1.29 is 9.59 Å². The van der Waals surface area contributed by atoms with Crippen molar-refractivity contribution in [3.8, 4) is 0 Å². The summed E-state index contributed by atoms with van der Waals surface area (Å²) in [7, 11) is 0. The third kappa shape index (κ3) is 4.56. The zero-order valence-electron chi connectivity index (χ0n) is 12.5. The van der Waals surface area contributed by atoms with Crippen LogP contribution in [0.1, 0.15) is 25.3 Å². The van der Waals surface area contributed by atoms with Crippen LogP contribution in [-0.2, 0) is 16.1 Å². The summed E-state index contributed by atoms with van der Waals surface area (Å²) in [5, 5.41) is 5.37. The number of amides is 2. The molecule has 114 valence electrons. The molecule has 1 aromatic carbocycles. The van der Waals surface area contributed by atoms with Crippen LogP contribution in [0, 0.1) is 0 Å². The van der Waals surface area contributed by atoms with E-state index in [4.69, 9.17) is 0 Å². The maximum absolute atomic E-state index is 11.8. The van der Waals surface area contributed by atoms with E-state index in [2.05, 4.69) is 22.5 Å². The molecule has 0 bridgehead atoms. The van der Waals surface area contributed by atoms with Gasteiger partial charge in [0.15, 0.2) is 0 Å². The van der Waals surface area contributed by atoms with Gasteiger partial charge in [-0.15, -0.1) is 0 Å². The summed E-state index contributed by atoms with van der Waals surface area (Å²) in [6.07, 6.45) is 2.24. The number of carbonyl (C=O) groups excluding carboxylic acids is 2. The summed E-state index contributed by atoms with van der Waals surface area (Å²) in [6.45, 7) is 5.10. The topological polar surface area (TPSA) is 61.4 Å². The Morgan fingerprint density at radius 3 is 2.62 bits per heavy atom. The highest BCUT2D eigenvalue weighted by atomic mass is 16.2. The van der Waals surface area contributed by atoms with Gasteiger partial charge in [-0.25, -0.2) is 0 Å². The molecular formula is C16H23N3O2. The summed E-state index contributed by atoms with van der Waals surface area (Å²) in [5.74, 6) is -1.12. The standard InChI is InChI=1S/C16H23N3O2/c1-2-19-10-6-9-14(19)12-18-16(21)15(20)17-11-13-7-4-3-5-8-13/h3-5,7-8,14H,2,6,9-12H2,1H3,(H,17,20)(H,18,21)/t14-/m1/s1. The highest BCUT2D eigenvalue weighted by Crippen LogP contribution is 2.15. The molecule has 0 unspecified atom stereocenters. The molecule has 1 aromatic rings. The van der Waals surface area contributed by atoms with Gasteiger partial charge in [0.05, 0.1) is 0 Å². The third-order valence-electron chi connectivity index (χ3n) is 3.91. The SMILES string of the molecule is CCN1CCC[C@@H]1CNC(=O)C(=O)NCc1ccccc1. The van der Waals surface area contributed by atoms with Crippen LogP contribution in [0.25, 0.3) is 0 Å². The molecule has 0 spiro atoms. The molecule has 1 fully saturated rings. The summed E-state index contributed by atoms with van der Waals surface area (Å²) in [4.78, 5) is 25.8. The molecule has 0 aromatic heterocycles. The minimum absolute atomic E-state index is 0.362. The lowest BCUT2D eigenvalue weighted by molar-refractivity contribution is -0.139. The van der Waals surface area contributed by atoms with Gasteiger partial charge in [0.2, 0.25) is 0 Å². The molecule has 1 heterocycles. The lowest BCUT2D eigenvalue weighted by atomic mass is 10.2. The second kappa shape index (κ2) is 7.78. The predicted octanol–water partition coefficient (Wildman–Crippen LogP) is 0.903. The first-order valence-electron chi connectivity index (χ1n) is 7.54. The van der Waals surface area contributed by atoms with Crippen LogP contribution < -0.4 is 10.6 Å². The van der Waals surface area contributed by atoms with Gasteiger partial charge in [0.25, 0.3) is 0 Å². The van der Waals surface area contributed by atoms with E-state index in [0.29, 0.717) is 19.1 Å². The van der Waals surface area contributed by atoms with Gasteiger partial charge in [-0.3, -0.25) is 14.5 Å². The van der Waals surface area contributed by atoms with E-state index in [1.165, 1.54) is 0 Å². The predicted molar refractivity (Wildman–Crippen MR) is 81.6 cm³/mol. The Morgan fingerprint density at radius 2 is 1.90 bits per heavy atom. The van der Waals surface area contributed by atoms with Crippen molar-refractivity contribution in [3.05, 3.63) is 35.9 Å². The van der Waals surface area contributed by atoms with Gasteiger partial charge in [-0.05, 0) is 31.5 Å². The fourth-order valence-corrected chi connectivity index (χ4v) is 2.69. The highest BCUT2D eigenvalue weighted by molar-refractivity contribution is 6.35. The Morgan fingerprint density at radius 1 is 1.19 bits per heavy atom. The van der Waals surface area contributed by atoms with Crippen LogP contribution in [0.3, 0.4) is 0 Å². The van der Waals surface area contributed by atoms with E-state index in [1.54, 1.807) is 0 Å². The molecule has 1 saturated heterocycles. The maximum atomic E-state index is 11.8. The number of likely N-dealkylation sites (tertiary alicyclic amines) is 1. The molecule has 5 nitrogen and oxygen atoms in total. The van der Waals surface area contributed by atoms with Crippen LogP contribution in [0.4, 0.5) is 0 Å². The van der Waals surface area contributed by atoms with Gasteiger partial charge < -0.3 is 10.6 Å². The molecule has 2 amide bonds. The summed E-state index contributed by atoms with van der Waals surface area (Å²) in [6, 6.07) is 9.91. The van der Waals surface area contributed by atoms with Gasteiger partial charge in [-0.1, -0.05) is 37.3 Å². The molecule has 0 aliphatic carbocycles. The van der Waals surface area contributed by atoms with E-state index in [9.17, 15) is 9.59 Å². The largest absolute Gasteiger partial charge is 0.346 e. The minimum Gasteiger partial charge on any atom is -0.346 e. The lowest BCUT2D eigenvalue weighted by Crippen LogP contribution is -2.45. The second-order valence-corrected chi connectivity index (χ2v) is 5.30. The van der Waals surface area contributed by atoms with E-state index in [1.807, 2.05) is 30.3 Å². The zero-order valence-corrected chi connectivity index (χ0v) is 12.5. The summed E-state index contributed by atoms with van der Waals surface area (Å²) >= 11 is 0. The van der Waals surface area contributed by atoms with Crippen molar-refractivity contribution in [2.75, 3.05) is 19.6 Å². The molecule has 1 atom stereocenters. The Labute approximate surface area is 125 Å². The third-order valence-corrected chi connectivity index (χ3v) is 3.91. The number of carbonyl (C=O) groups is 2. The van der Waals surface area contributed by atoms with Gasteiger partial charge in [-0.2, -0.15) is 0 Å². The monoisotopic (exact) mass is 289 g/mol. The molecule has 1 aliphatic heterocycles. The van der Waals surface area contributed by atoms with E-state index in [0.717, 1.165) is 31.5 Å². The zero-order chi connectivity index (χ0) is 15.1. The number of likely N-dealkylation sites (N-methyl/N-ethyl adjacent to an activating group) is 1. The molecule has 0 saturated carbocycles. The molecule has 21 heavy (non-hydrogen) atoms. The number of nitrogens with one attached hydrogen (secondary N) is 2. The fourth-order valence-electron chi connectivity index (χ4n) is 2.69. The van der Waals surface area contributed by atoms with Crippen molar-refractivity contribution in [2.24, 2.45) is 0 Å². The molecule has 2 N–H and O–H groups in total. The van der Waals surface area contributed by atoms with Gasteiger partial charge in [0, 0.05) is 19.1 Å². The molecule has 2 rings (SSSR count). The quantitative estimate of drug-likeness (QED) is 0.792. The van der Waals surface area contributed by atoms with Crippen molar-refractivity contribution in [2.45, 2.75) is 32.4 Å². The second-order valence-electron chi connectivity index (χ2n) is 5.30. The Kier molecular flexibility index (Phi) is 5.75. The summed E-state index contributed by atoms with van der Waals surface area (Å²) in [5.41, 5.74) is 0.978. The van der Waals surface area contributed by atoms with Crippen LogP contribution in [0.2, 0.25) is 0 Å². The van der Waals surface area contributed by atoms with E-state index >= 15 is 0 Å². The van der Waals surface area contributed by atoms with Crippen molar-refractivity contribution in [1.82, 2.24) is 15.5 Å². The minimum atomic E-state index is -0.570. The van der Waals surface area contributed by atoms with Gasteiger partial charge in [0.1, 0.15) is 0 Å². The summed E-state index contributed by atoms with van der Waals surface area (Å²) < 4.78 is 0. The van der Waals surface area contributed by atoms with E-state index in [-0.39, 0.29) is 0 Å². The molecular weight excluding hydrogens is 266 g/mol. The normalized spacial score (nSPS) is 18.4. The average Bonchev–Trinajstić information content (AvgIpc) is 2.98.